The van der Waals surface area contributed by atoms with Crippen LogP contribution < -0.4 is 0 Å². The second-order valence-electron chi connectivity index (χ2n) is 8.09. The third kappa shape index (κ3) is 2.86. The van der Waals surface area contributed by atoms with Gasteiger partial charge in [0.25, 0.3) is 0 Å². The van der Waals surface area contributed by atoms with Gasteiger partial charge in [0.1, 0.15) is 11.6 Å². The van der Waals surface area contributed by atoms with E-state index >= 15 is 0 Å². The zero-order valence-electron chi connectivity index (χ0n) is 13.8. The van der Waals surface area contributed by atoms with Crippen molar-refractivity contribution in [1.29, 1.82) is 0 Å². The van der Waals surface area contributed by atoms with Gasteiger partial charge in [-0.2, -0.15) is 0 Å². The molecular weight excluding hydrogens is 330 g/mol. The molecule has 0 saturated heterocycles. The summed E-state index contributed by atoms with van der Waals surface area (Å²) < 4.78 is 32.0. The lowest BCUT2D eigenvalue weighted by Crippen LogP contribution is -2.58. The van der Waals surface area contributed by atoms with Crippen molar-refractivity contribution in [2.24, 2.45) is 17.3 Å². The summed E-state index contributed by atoms with van der Waals surface area (Å²) in [7, 11) is 0. The molecule has 4 bridgehead atoms. The minimum absolute atomic E-state index is 0.315. The van der Waals surface area contributed by atoms with E-state index in [4.69, 9.17) is 4.74 Å². The van der Waals surface area contributed by atoms with Crippen LogP contribution in [0.2, 0.25) is 0 Å². The Kier molecular flexibility index (Phi) is 3.72. The van der Waals surface area contributed by atoms with Crippen LogP contribution in [-0.4, -0.2) is 29.1 Å². The average molecular weight is 350 g/mol. The van der Waals surface area contributed by atoms with Crippen LogP contribution in [0.25, 0.3) is 0 Å². The van der Waals surface area contributed by atoms with Crippen molar-refractivity contribution in [3.63, 3.8) is 0 Å². The van der Waals surface area contributed by atoms with Crippen molar-refractivity contribution >= 4 is 11.8 Å². The van der Waals surface area contributed by atoms with E-state index in [1.807, 2.05) is 0 Å². The summed E-state index contributed by atoms with van der Waals surface area (Å²) in [5.41, 5.74) is -1.96. The maximum absolute atomic E-state index is 13.6. The first kappa shape index (κ1) is 16.6. The zero-order chi connectivity index (χ0) is 17.8. The fourth-order valence-electron chi connectivity index (χ4n) is 5.53. The topological polar surface area (TPSA) is 63.6 Å². The van der Waals surface area contributed by atoms with Crippen LogP contribution in [0.5, 0.6) is 0 Å². The van der Waals surface area contributed by atoms with E-state index in [2.05, 4.69) is 0 Å². The molecule has 4 saturated carbocycles. The first-order chi connectivity index (χ1) is 11.8. The Labute approximate surface area is 144 Å². The van der Waals surface area contributed by atoms with Crippen LogP contribution in [0, 0.1) is 28.9 Å². The SMILES string of the molecule is O=C(COC(=O)C12C[C@@H]3C[C@@H](CC(O)(C3)C1)C2)c1cc(F)ccc1F. The van der Waals surface area contributed by atoms with Crippen LogP contribution >= 0.6 is 0 Å². The number of aliphatic hydroxyl groups is 1. The Bertz CT molecular complexity index is 731. The summed E-state index contributed by atoms with van der Waals surface area (Å²) in [6, 6.07) is 2.60. The predicted molar refractivity (Wildman–Crippen MR) is 83.7 cm³/mol. The summed E-state index contributed by atoms with van der Waals surface area (Å²) in [4.78, 5) is 24.8. The number of rotatable bonds is 4. The first-order valence-electron chi connectivity index (χ1n) is 8.67. The molecule has 4 nitrogen and oxygen atoms in total. The average Bonchev–Trinajstić information content (AvgIpc) is 2.52. The van der Waals surface area contributed by atoms with Gasteiger partial charge in [0.2, 0.25) is 5.78 Å². The smallest absolute Gasteiger partial charge is 0.312 e. The van der Waals surface area contributed by atoms with Gasteiger partial charge in [-0.1, -0.05) is 0 Å². The van der Waals surface area contributed by atoms with Crippen molar-refractivity contribution in [1.82, 2.24) is 0 Å². The predicted octanol–water partition coefficient (Wildman–Crippen LogP) is 3.02. The van der Waals surface area contributed by atoms with Crippen molar-refractivity contribution in [2.45, 2.75) is 44.1 Å². The van der Waals surface area contributed by atoms with Gasteiger partial charge in [0, 0.05) is 0 Å². The molecule has 0 amide bonds. The molecule has 1 aromatic rings. The third-order valence-corrected chi connectivity index (χ3v) is 6.03. The van der Waals surface area contributed by atoms with Gasteiger partial charge in [0.15, 0.2) is 6.61 Å². The largest absolute Gasteiger partial charge is 0.457 e. The number of benzene rings is 1. The highest BCUT2D eigenvalue weighted by molar-refractivity contribution is 5.98. The molecule has 0 spiro atoms. The summed E-state index contributed by atoms with van der Waals surface area (Å²) >= 11 is 0. The molecule has 0 radical (unpaired) electrons. The van der Waals surface area contributed by atoms with Crippen molar-refractivity contribution in [2.75, 3.05) is 6.61 Å². The van der Waals surface area contributed by atoms with E-state index in [0.717, 1.165) is 37.5 Å². The lowest BCUT2D eigenvalue weighted by atomic mass is 9.48. The zero-order valence-corrected chi connectivity index (χ0v) is 13.8. The van der Waals surface area contributed by atoms with Gasteiger partial charge in [-0.3, -0.25) is 9.59 Å². The maximum atomic E-state index is 13.6. The lowest BCUT2D eigenvalue weighted by Gasteiger charge is -2.58. The van der Waals surface area contributed by atoms with Gasteiger partial charge in [-0.15, -0.1) is 0 Å². The third-order valence-electron chi connectivity index (χ3n) is 6.03. The lowest BCUT2D eigenvalue weighted by molar-refractivity contribution is -0.195. The van der Waals surface area contributed by atoms with E-state index in [0.29, 0.717) is 31.1 Å². The standard InChI is InChI=1S/C19H20F2O4/c20-13-1-2-15(21)14(4-13)16(22)9-25-17(23)18-5-11-3-12(6-18)8-19(24,7-11)10-18/h1-2,4,11-12,24H,3,5-10H2/t11-,12+,18?,19?. The van der Waals surface area contributed by atoms with Gasteiger partial charge < -0.3 is 9.84 Å². The van der Waals surface area contributed by atoms with Crippen molar-refractivity contribution in [3.05, 3.63) is 35.4 Å². The number of ether oxygens (including phenoxy) is 1. The molecule has 1 N–H and O–H groups in total. The molecule has 5 rings (SSSR count). The molecule has 4 fully saturated rings. The quantitative estimate of drug-likeness (QED) is 0.670. The Balaban J connectivity index is 1.46. The van der Waals surface area contributed by atoms with E-state index in [-0.39, 0.29) is 0 Å². The molecule has 4 atom stereocenters. The maximum Gasteiger partial charge on any atom is 0.312 e. The minimum Gasteiger partial charge on any atom is -0.457 e. The Morgan fingerprint density at radius 3 is 2.48 bits per heavy atom. The number of halogens is 2. The van der Waals surface area contributed by atoms with Gasteiger partial charge >= 0.3 is 5.97 Å². The molecule has 6 heteroatoms. The molecule has 0 aliphatic heterocycles. The van der Waals surface area contributed by atoms with E-state index in [1.54, 1.807) is 0 Å². The summed E-state index contributed by atoms with van der Waals surface area (Å²) in [6.07, 6.45) is 4.21. The minimum atomic E-state index is -0.841. The molecule has 1 aromatic carbocycles. The summed E-state index contributed by atoms with van der Waals surface area (Å²) in [6.45, 7) is -0.616. The number of carbonyl (C=O) groups excluding carboxylic acids is 2. The van der Waals surface area contributed by atoms with Crippen LogP contribution in [0.1, 0.15) is 48.9 Å². The Hall–Kier alpha value is -1.82. The fraction of sp³-hybridized carbons (Fsp3) is 0.579. The summed E-state index contributed by atoms with van der Waals surface area (Å²) in [5.74, 6) is -2.20. The van der Waals surface area contributed by atoms with Crippen molar-refractivity contribution < 1.29 is 28.2 Å². The number of carbonyl (C=O) groups is 2. The van der Waals surface area contributed by atoms with E-state index < -0.39 is 46.6 Å². The first-order valence-corrected chi connectivity index (χ1v) is 8.67. The van der Waals surface area contributed by atoms with E-state index in [9.17, 15) is 23.5 Å². The highest BCUT2D eigenvalue weighted by Crippen LogP contribution is 2.61. The molecule has 134 valence electrons. The molecule has 2 unspecified atom stereocenters. The van der Waals surface area contributed by atoms with E-state index in [1.165, 1.54) is 0 Å². The molecule has 4 aliphatic carbocycles. The van der Waals surface area contributed by atoms with Crippen LogP contribution in [0.15, 0.2) is 18.2 Å². The normalized spacial score (nSPS) is 35.6. The van der Waals surface area contributed by atoms with Gasteiger partial charge in [-0.25, -0.2) is 8.78 Å². The second-order valence-corrected chi connectivity index (χ2v) is 8.09. The molecule has 25 heavy (non-hydrogen) atoms. The Morgan fingerprint density at radius 2 is 1.84 bits per heavy atom. The number of ketones is 1. The van der Waals surface area contributed by atoms with Gasteiger partial charge in [0.05, 0.1) is 16.6 Å². The number of Topliss-reactive ketones (excluding diaryl/α,β-unsaturated/α-hetero) is 1. The summed E-state index contributed by atoms with van der Waals surface area (Å²) in [5, 5.41) is 10.7. The highest BCUT2D eigenvalue weighted by atomic mass is 19.1. The monoisotopic (exact) mass is 350 g/mol. The van der Waals surface area contributed by atoms with Crippen molar-refractivity contribution in [3.8, 4) is 0 Å². The number of hydrogen-bond acceptors (Lipinski definition) is 4. The molecule has 0 aromatic heterocycles. The fourth-order valence-corrected chi connectivity index (χ4v) is 5.53. The van der Waals surface area contributed by atoms with Crippen LogP contribution in [0.3, 0.4) is 0 Å². The number of esters is 1. The van der Waals surface area contributed by atoms with Crippen LogP contribution in [-0.2, 0) is 9.53 Å². The molecule has 4 aliphatic rings. The van der Waals surface area contributed by atoms with Gasteiger partial charge in [-0.05, 0) is 68.6 Å². The number of hydrogen-bond donors (Lipinski definition) is 1. The molecular formula is C19H20F2O4. The second kappa shape index (κ2) is 5.59. The Morgan fingerprint density at radius 1 is 1.16 bits per heavy atom. The van der Waals surface area contributed by atoms with Crippen LogP contribution in [0.4, 0.5) is 8.78 Å². The molecule has 0 heterocycles. The highest BCUT2D eigenvalue weighted by Gasteiger charge is 2.60.